The van der Waals surface area contributed by atoms with Gasteiger partial charge in [0, 0.05) is 33.1 Å². The van der Waals surface area contributed by atoms with Gasteiger partial charge in [-0.1, -0.05) is 24.3 Å². The fourth-order valence-electron chi connectivity index (χ4n) is 2.95. The van der Waals surface area contributed by atoms with Crippen molar-refractivity contribution in [2.45, 2.75) is 6.92 Å². The Morgan fingerprint density at radius 2 is 1.60 bits per heavy atom. The van der Waals surface area contributed by atoms with E-state index in [1.807, 2.05) is 18.2 Å². The number of para-hydroxylation sites is 2. The second-order valence-corrected chi connectivity index (χ2v) is 5.94. The van der Waals surface area contributed by atoms with Crippen LogP contribution < -0.4 is 10.2 Å². The minimum Gasteiger partial charge on any atom is -0.366 e. The molecule has 5 nitrogen and oxygen atoms in total. The Balaban J connectivity index is 1.77. The first kappa shape index (κ1) is 17.0. The molecule has 6 heteroatoms. The van der Waals surface area contributed by atoms with Crippen molar-refractivity contribution in [3.8, 4) is 0 Å². The fraction of sp³-hybridized carbons (Fsp3) is 0.263. The van der Waals surface area contributed by atoms with Crippen LogP contribution in [0.4, 0.5) is 15.8 Å². The van der Waals surface area contributed by atoms with Crippen molar-refractivity contribution in [2.24, 2.45) is 0 Å². The molecule has 0 bridgehead atoms. The molecule has 1 fully saturated rings. The molecule has 0 radical (unpaired) electrons. The summed E-state index contributed by atoms with van der Waals surface area (Å²) >= 11 is 0. The van der Waals surface area contributed by atoms with Gasteiger partial charge in [0.1, 0.15) is 5.82 Å². The first-order valence-electron chi connectivity index (χ1n) is 8.21. The Bertz CT molecular complexity index is 786. The van der Waals surface area contributed by atoms with Crippen LogP contribution >= 0.6 is 0 Å². The van der Waals surface area contributed by atoms with Crippen molar-refractivity contribution in [1.29, 1.82) is 0 Å². The molecule has 0 unspecified atom stereocenters. The topological polar surface area (TPSA) is 52.7 Å². The van der Waals surface area contributed by atoms with Gasteiger partial charge in [0.25, 0.3) is 5.91 Å². The van der Waals surface area contributed by atoms with Gasteiger partial charge in [0.05, 0.1) is 16.9 Å². The molecule has 130 valence electrons. The molecule has 1 aliphatic rings. The molecule has 1 heterocycles. The smallest absolute Gasteiger partial charge is 0.258 e. The molecular formula is C19H20FN3O2. The Kier molecular flexibility index (Phi) is 4.97. The lowest BCUT2D eigenvalue weighted by Crippen LogP contribution is -2.48. The largest absolute Gasteiger partial charge is 0.366 e. The van der Waals surface area contributed by atoms with Gasteiger partial charge in [-0.25, -0.2) is 4.39 Å². The number of nitrogens with one attached hydrogen (secondary N) is 1. The maximum atomic E-state index is 13.8. The zero-order valence-electron chi connectivity index (χ0n) is 14.0. The summed E-state index contributed by atoms with van der Waals surface area (Å²) in [5, 5.41) is 2.80. The molecule has 1 saturated heterocycles. The summed E-state index contributed by atoms with van der Waals surface area (Å²) in [5.74, 6) is -0.957. The molecular weight excluding hydrogens is 321 g/mol. The van der Waals surface area contributed by atoms with E-state index in [4.69, 9.17) is 0 Å². The van der Waals surface area contributed by atoms with Gasteiger partial charge in [-0.15, -0.1) is 0 Å². The molecule has 2 amide bonds. The van der Waals surface area contributed by atoms with E-state index in [2.05, 4.69) is 10.2 Å². The molecule has 0 atom stereocenters. The standard InChI is InChI=1S/C19H20FN3O2/c1-14(24)22-10-12-23(13-11-22)18-9-5-4-8-17(18)21-19(25)15-6-2-3-7-16(15)20/h2-9H,10-13H2,1H3,(H,21,25). The second kappa shape index (κ2) is 7.34. The summed E-state index contributed by atoms with van der Waals surface area (Å²) in [5.41, 5.74) is 1.51. The lowest BCUT2D eigenvalue weighted by molar-refractivity contribution is -0.129. The molecule has 1 aliphatic heterocycles. The Morgan fingerprint density at radius 3 is 2.28 bits per heavy atom. The molecule has 25 heavy (non-hydrogen) atoms. The van der Waals surface area contributed by atoms with Crippen LogP contribution in [0.1, 0.15) is 17.3 Å². The minimum atomic E-state index is -0.549. The third-order valence-corrected chi connectivity index (χ3v) is 4.34. The molecule has 1 N–H and O–H groups in total. The number of nitrogens with zero attached hydrogens (tertiary/aromatic N) is 2. The third-order valence-electron chi connectivity index (χ3n) is 4.34. The van der Waals surface area contributed by atoms with Gasteiger partial charge in [-0.05, 0) is 24.3 Å². The molecule has 2 aromatic rings. The maximum absolute atomic E-state index is 13.8. The highest BCUT2D eigenvalue weighted by molar-refractivity contribution is 6.06. The number of hydrogen-bond donors (Lipinski definition) is 1. The number of carbonyl (C=O) groups excluding carboxylic acids is 2. The van der Waals surface area contributed by atoms with E-state index in [-0.39, 0.29) is 11.5 Å². The average Bonchev–Trinajstić information content (AvgIpc) is 2.62. The second-order valence-electron chi connectivity index (χ2n) is 5.94. The lowest BCUT2D eigenvalue weighted by atomic mass is 10.1. The summed E-state index contributed by atoms with van der Waals surface area (Å²) in [7, 11) is 0. The number of rotatable bonds is 3. The van der Waals surface area contributed by atoms with E-state index in [0.29, 0.717) is 31.9 Å². The lowest BCUT2D eigenvalue weighted by Gasteiger charge is -2.36. The van der Waals surface area contributed by atoms with Gasteiger partial charge in [-0.3, -0.25) is 9.59 Å². The minimum absolute atomic E-state index is 0.0127. The van der Waals surface area contributed by atoms with Crippen LogP contribution in [0.15, 0.2) is 48.5 Å². The fourth-order valence-corrected chi connectivity index (χ4v) is 2.95. The number of amides is 2. The van der Waals surface area contributed by atoms with Crippen LogP contribution in [0.25, 0.3) is 0 Å². The van der Waals surface area contributed by atoms with Gasteiger partial charge in [0.2, 0.25) is 5.91 Å². The zero-order valence-corrected chi connectivity index (χ0v) is 14.0. The van der Waals surface area contributed by atoms with Gasteiger partial charge < -0.3 is 15.1 Å². The maximum Gasteiger partial charge on any atom is 0.258 e. The van der Waals surface area contributed by atoms with E-state index in [1.165, 1.54) is 12.1 Å². The SMILES string of the molecule is CC(=O)N1CCN(c2ccccc2NC(=O)c2ccccc2F)CC1. The highest BCUT2D eigenvalue weighted by Crippen LogP contribution is 2.27. The molecule has 0 saturated carbocycles. The van der Waals surface area contributed by atoms with Crippen LogP contribution in [0.5, 0.6) is 0 Å². The number of hydrogen-bond acceptors (Lipinski definition) is 3. The molecule has 2 aromatic carbocycles. The average molecular weight is 341 g/mol. The van der Waals surface area contributed by atoms with Crippen molar-refractivity contribution in [3.05, 3.63) is 59.9 Å². The van der Waals surface area contributed by atoms with Gasteiger partial charge in [0.15, 0.2) is 0 Å². The van der Waals surface area contributed by atoms with Crippen molar-refractivity contribution in [3.63, 3.8) is 0 Å². The molecule has 0 aromatic heterocycles. The quantitative estimate of drug-likeness (QED) is 0.934. The van der Waals surface area contributed by atoms with Gasteiger partial charge in [-0.2, -0.15) is 0 Å². The van der Waals surface area contributed by atoms with Gasteiger partial charge >= 0.3 is 0 Å². The van der Waals surface area contributed by atoms with Crippen LogP contribution in [0.3, 0.4) is 0 Å². The van der Waals surface area contributed by atoms with Crippen molar-refractivity contribution in [1.82, 2.24) is 4.90 Å². The predicted molar refractivity (Wildman–Crippen MR) is 95.3 cm³/mol. The first-order valence-corrected chi connectivity index (χ1v) is 8.21. The van der Waals surface area contributed by atoms with Crippen LogP contribution in [0.2, 0.25) is 0 Å². The van der Waals surface area contributed by atoms with E-state index in [0.717, 1.165) is 5.69 Å². The van der Waals surface area contributed by atoms with Crippen LogP contribution in [-0.2, 0) is 4.79 Å². The predicted octanol–water partition coefficient (Wildman–Crippen LogP) is 2.75. The monoisotopic (exact) mass is 341 g/mol. The molecule has 0 aliphatic carbocycles. The zero-order chi connectivity index (χ0) is 17.8. The van der Waals surface area contributed by atoms with E-state index in [9.17, 15) is 14.0 Å². The van der Waals surface area contributed by atoms with Crippen molar-refractivity contribution in [2.75, 3.05) is 36.4 Å². The summed E-state index contributed by atoms with van der Waals surface area (Å²) in [6.45, 7) is 4.23. The van der Waals surface area contributed by atoms with Crippen LogP contribution in [-0.4, -0.2) is 42.9 Å². The normalized spacial score (nSPS) is 14.3. The first-order chi connectivity index (χ1) is 12.1. The Morgan fingerprint density at radius 1 is 0.960 bits per heavy atom. The highest BCUT2D eigenvalue weighted by Gasteiger charge is 2.21. The third kappa shape index (κ3) is 3.79. The number of benzene rings is 2. The Labute approximate surface area is 146 Å². The number of piperazine rings is 1. The summed E-state index contributed by atoms with van der Waals surface area (Å²) in [6.07, 6.45) is 0. The highest BCUT2D eigenvalue weighted by atomic mass is 19.1. The van der Waals surface area contributed by atoms with Crippen LogP contribution in [0, 0.1) is 5.82 Å². The Hall–Kier alpha value is -2.89. The summed E-state index contributed by atoms with van der Waals surface area (Å²) in [6, 6.07) is 13.3. The number of halogens is 1. The van der Waals surface area contributed by atoms with E-state index in [1.54, 1.807) is 30.0 Å². The van der Waals surface area contributed by atoms with Crippen molar-refractivity contribution >= 4 is 23.2 Å². The molecule has 0 spiro atoms. The van der Waals surface area contributed by atoms with E-state index >= 15 is 0 Å². The van der Waals surface area contributed by atoms with Crippen molar-refractivity contribution < 1.29 is 14.0 Å². The number of anilines is 2. The van der Waals surface area contributed by atoms with E-state index < -0.39 is 11.7 Å². The molecule has 3 rings (SSSR count). The summed E-state index contributed by atoms with van der Waals surface area (Å²) in [4.78, 5) is 27.8. The number of carbonyl (C=O) groups is 2. The summed E-state index contributed by atoms with van der Waals surface area (Å²) < 4.78 is 13.8.